The van der Waals surface area contributed by atoms with Gasteiger partial charge in [-0.1, -0.05) is 84.6 Å². The number of benzene rings is 3. The van der Waals surface area contributed by atoms with Gasteiger partial charge < -0.3 is 9.88 Å². The highest BCUT2D eigenvalue weighted by atomic mass is 32.2. The van der Waals surface area contributed by atoms with E-state index >= 15 is 0 Å². The fraction of sp³-hybridized carbons (Fsp3) is 0.130. The Balaban J connectivity index is 1.63. The zero-order chi connectivity index (χ0) is 19.3. The SMILES string of the molecule is CSc1nc2ccccc2n1CC(=O)NC(c1ccccc1)c1ccccc1. The van der Waals surface area contributed by atoms with Crippen LogP contribution in [0.15, 0.2) is 90.1 Å². The molecule has 0 saturated carbocycles. The summed E-state index contributed by atoms with van der Waals surface area (Å²) >= 11 is 1.55. The van der Waals surface area contributed by atoms with E-state index in [2.05, 4.69) is 10.3 Å². The summed E-state index contributed by atoms with van der Waals surface area (Å²) in [5, 5.41) is 4.05. The second-order valence-corrected chi connectivity index (χ2v) is 7.27. The Kier molecular flexibility index (Phi) is 5.44. The molecule has 140 valence electrons. The normalized spacial score (nSPS) is 11.1. The first-order valence-corrected chi connectivity index (χ1v) is 10.4. The van der Waals surface area contributed by atoms with Crippen LogP contribution in [0.25, 0.3) is 11.0 Å². The van der Waals surface area contributed by atoms with Crippen molar-refractivity contribution >= 4 is 28.7 Å². The Labute approximate surface area is 168 Å². The van der Waals surface area contributed by atoms with Crippen molar-refractivity contribution in [2.24, 2.45) is 0 Å². The lowest BCUT2D eigenvalue weighted by Gasteiger charge is -2.20. The molecule has 28 heavy (non-hydrogen) atoms. The molecule has 4 aromatic rings. The molecule has 0 aliphatic heterocycles. The Bertz CT molecular complexity index is 1040. The highest BCUT2D eigenvalue weighted by Gasteiger charge is 2.19. The summed E-state index contributed by atoms with van der Waals surface area (Å²) in [6, 6.07) is 27.8. The summed E-state index contributed by atoms with van der Waals surface area (Å²) in [4.78, 5) is 17.6. The average molecular weight is 388 g/mol. The Morgan fingerprint density at radius 2 is 1.50 bits per heavy atom. The van der Waals surface area contributed by atoms with Gasteiger partial charge in [-0.05, 0) is 29.5 Å². The molecule has 3 aromatic carbocycles. The third-order valence-electron chi connectivity index (χ3n) is 4.67. The number of carbonyl (C=O) groups is 1. The van der Waals surface area contributed by atoms with E-state index in [-0.39, 0.29) is 18.5 Å². The molecular formula is C23H21N3OS. The minimum Gasteiger partial charge on any atom is -0.344 e. The molecule has 1 N–H and O–H groups in total. The lowest BCUT2D eigenvalue weighted by atomic mass is 9.99. The van der Waals surface area contributed by atoms with Crippen molar-refractivity contribution in [3.8, 4) is 0 Å². The third kappa shape index (κ3) is 3.80. The summed E-state index contributed by atoms with van der Waals surface area (Å²) in [5.74, 6) is -0.0452. The fourth-order valence-electron chi connectivity index (χ4n) is 3.36. The first kappa shape index (κ1) is 18.3. The Hall–Kier alpha value is -3.05. The second kappa shape index (κ2) is 8.31. The number of imidazole rings is 1. The maximum atomic E-state index is 13.0. The minimum absolute atomic E-state index is 0.0452. The lowest BCUT2D eigenvalue weighted by Crippen LogP contribution is -2.32. The van der Waals surface area contributed by atoms with Gasteiger partial charge in [0.1, 0.15) is 6.54 Å². The van der Waals surface area contributed by atoms with Crippen LogP contribution in [-0.4, -0.2) is 21.7 Å². The monoisotopic (exact) mass is 387 g/mol. The molecule has 5 heteroatoms. The molecule has 0 saturated heterocycles. The maximum Gasteiger partial charge on any atom is 0.240 e. The van der Waals surface area contributed by atoms with Gasteiger partial charge >= 0.3 is 0 Å². The third-order valence-corrected chi connectivity index (χ3v) is 5.35. The summed E-state index contributed by atoms with van der Waals surface area (Å²) in [7, 11) is 0. The van der Waals surface area contributed by atoms with Crippen molar-refractivity contribution < 1.29 is 4.79 Å². The van der Waals surface area contributed by atoms with Crippen LogP contribution in [-0.2, 0) is 11.3 Å². The largest absolute Gasteiger partial charge is 0.344 e. The van der Waals surface area contributed by atoms with Gasteiger partial charge in [-0.15, -0.1) is 0 Å². The van der Waals surface area contributed by atoms with E-state index in [4.69, 9.17) is 0 Å². The number of nitrogens with zero attached hydrogens (tertiary/aromatic N) is 2. The number of carbonyl (C=O) groups excluding carboxylic acids is 1. The van der Waals surface area contributed by atoms with Crippen LogP contribution in [0.5, 0.6) is 0 Å². The average Bonchev–Trinajstić information content (AvgIpc) is 3.11. The Morgan fingerprint density at radius 3 is 2.11 bits per heavy atom. The molecule has 0 bridgehead atoms. The van der Waals surface area contributed by atoms with E-state index < -0.39 is 0 Å². The van der Waals surface area contributed by atoms with Crippen molar-refractivity contribution in [3.05, 3.63) is 96.1 Å². The van der Waals surface area contributed by atoms with E-state index in [0.29, 0.717) is 0 Å². The first-order valence-electron chi connectivity index (χ1n) is 9.15. The van der Waals surface area contributed by atoms with Gasteiger partial charge in [-0.25, -0.2) is 4.98 Å². The lowest BCUT2D eigenvalue weighted by molar-refractivity contribution is -0.122. The van der Waals surface area contributed by atoms with E-state index in [1.165, 1.54) is 0 Å². The standard InChI is InChI=1S/C23H21N3OS/c1-28-23-24-19-14-8-9-15-20(19)26(23)16-21(27)25-22(17-10-4-2-5-11-17)18-12-6-3-7-13-18/h2-15,22H,16H2,1H3,(H,25,27). The highest BCUT2D eigenvalue weighted by molar-refractivity contribution is 7.98. The number of nitrogens with one attached hydrogen (secondary N) is 1. The van der Waals surface area contributed by atoms with Crippen LogP contribution in [0, 0.1) is 0 Å². The van der Waals surface area contributed by atoms with Crippen LogP contribution < -0.4 is 5.32 Å². The van der Waals surface area contributed by atoms with Crippen LogP contribution >= 0.6 is 11.8 Å². The van der Waals surface area contributed by atoms with Crippen LogP contribution in [0.4, 0.5) is 0 Å². The number of aromatic nitrogens is 2. The molecule has 0 spiro atoms. The predicted octanol–water partition coefficient (Wildman–Crippen LogP) is 4.66. The van der Waals surface area contributed by atoms with Gasteiger partial charge in [0.15, 0.2) is 5.16 Å². The van der Waals surface area contributed by atoms with Crippen LogP contribution in [0.1, 0.15) is 17.2 Å². The zero-order valence-electron chi connectivity index (χ0n) is 15.6. The number of thioether (sulfide) groups is 1. The zero-order valence-corrected chi connectivity index (χ0v) is 16.4. The molecule has 0 unspecified atom stereocenters. The molecular weight excluding hydrogens is 366 g/mol. The van der Waals surface area contributed by atoms with Gasteiger partial charge in [0.25, 0.3) is 0 Å². The molecule has 4 nitrogen and oxygen atoms in total. The predicted molar refractivity (Wildman–Crippen MR) is 114 cm³/mol. The Morgan fingerprint density at radius 1 is 0.929 bits per heavy atom. The van der Waals surface area contributed by atoms with Gasteiger partial charge in [-0.3, -0.25) is 4.79 Å². The minimum atomic E-state index is -0.192. The number of rotatable bonds is 6. The van der Waals surface area contributed by atoms with Crippen molar-refractivity contribution in [2.45, 2.75) is 17.7 Å². The van der Waals surface area contributed by atoms with Crippen LogP contribution in [0.2, 0.25) is 0 Å². The number of para-hydroxylation sites is 2. The molecule has 0 radical (unpaired) electrons. The number of amides is 1. The van der Waals surface area contributed by atoms with E-state index in [1.807, 2.05) is 95.8 Å². The molecule has 4 rings (SSSR count). The van der Waals surface area contributed by atoms with Crippen molar-refractivity contribution in [1.29, 1.82) is 0 Å². The summed E-state index contributed by atoms with van der Waals surface area (Å²) in [6.45, 7) is 0.229. The quantitative estimate of drug-likeness (QED) is 0.489. The van der Waals surface area contributed by atoms with Gasteiger partial charge in [0, 0.05) is 0 Å². The molecule has 1 aromatic heterocycles. The number of hydrogen-bond donors (Lipinski definition) is 1. The highest BCUT2D eigenvalue weighted by Crippen LogP contribution is 2.24. The topological polar surface area (TPSA) is 46.9 Å². The van der Waals surface area contributed by atoms with Gasteiger partial charge in [0.2, 0.25) is 5.91 Å². The maximum absolute atomic E-state index is 13.0. The molecule has 0 aliphatic carbocycles. The first-order chi connectivity index (χ1) is 13.8. The smallest absolute Gasteiger partial charge is 0.240 e. The summed E-state index contributed by atoms with van der Waals surface area (Å²) in [5.41, 5.74) is 3.99. The van der Waals surface area contributed by atoms with E-state index in [0.717, 1.165) is 27.3 Å². The van der Waals surface area contributed by atoms with Crippen LogP contribution in [0.3, 0.4) is 0 Å². The summed E-state index contributed by atoms with van der Waals surface area (Å²) < 4.78 is 1.97. The van der Waals surface area contributed by atoms with Crippen molar-refractivity contribution in [1.82, 2.24) is 14.9 Å². The van der Waals surface area contributed by atoms with E-state index in [9.17, 15) is 4.79 Å². The molecule has 0 aliphatic rings. The fourth-order valence-corrected chi connectivity index (χ4v) is 3.94. The van der Waals surface area contributed by atoms with Gasteiger partial charge in [0.05, 0.1) is 17.1 Å². The summed E-state index contributed by atoms with van der Waals surface area (Å²) in [6.07, 6.45) is 1.98. The molecule has 1 heterocycles. The van der Waals surface area contributed by atoms with Gasteiger partial charge in [-0.2, -0.15) is 0 Å². The van der Waals surface area contributed by atoms with Crippen molar-refractivity contribution in [3.63, 3.8) is 0 Å². The van der Waals surface area contributed by atoms with Crippen molar-refractivity contribution in [2.75, 3.05) is 6.26 Å². The van der Waals surface area contributed by atoms with E-state index in [1.54, 1.807) is 11.8 Å². The number of fused-ring (bicyclic) bond motifs is 1. The molecule has 0 atom stereocenters. The molecule has 0 fully saturated rings. The second-order valence-electron chi connectivity index (χ2n) is 6.50. The molecule has 1 amide bonds. The number of hydrogen-bond acceptors (Lipinski definition) is 3.